The minimum Gasteiger partial charge on any atom is -0.380 e. The van der Waals surface area contributed by atoms with E-state index in [1.807, 2.05) is 6.07 Å². The molecule has 10 nitrogen and oxygen atoms in total. The number of nitrogens with one attached hydrogen (secondary N) is 2. The monoisotopic (exact) mass is 537 g/mol. The van der Waals surface area contributed by atoms with Gasteiger partial charge in [0.2, 0.25) is 5.91 Å². The zero-order valence-corrected chi connectivity index (χ0v) is 21.6. The Morgan fingerprint density at radius 1 is 1.08 bits per heavy atom. The summed E-state index contributed by atoms with van der Waals surface area (Å²) in [6.07, 6.45) is -1.02. The first-order valence-corrected chi connectivity index (χ1v) is 13.4. The number of hydrogen-bond acceptors (Lipinski definition) is 8. The van der Waals surface area contributed by atoms with Gasteiger partial charge in [0.25, 0.3) is 11.8 Å². The van der Waals surface area contributed by atoms with Crippen molar-refractivity contribution in [2.24, 2.45) is 0 Å². The first-order chi connectivity index (χ1) is 18.9. The first kappa shape index (κ1) is 25.9. The molecule has 4 heterocycles. The molecule has 3 fully saturated rings. The maximum Gasteiger partial charge on any atom is 0.264 e. The van der Waals surface area contributed by atoms with Crippen molar-refractivity contribution in [3.05, 3.63) is 64.5 Å². The van der Waals surface area contributed by atoms with Crippen molar-refractivity contribution in [1.82, 2.24) is 20.0 Å². The van der Waals surface area contributed by atoms with Crippen LogP contribution in [0.25, 0.3) is 0 Å². The number of aliphatic hydroxyl groups is 1. The van der Waals surface area contributed by atoms with E-state index in [4.69, 9.17) is 4.74 Å². The maximum atomic E-state index is 15.0. The number of likely N-dealkylation sites (tertiary alicyclic amines) is 1. The van der Waals surface area contributed by atoms with Gasteiger partial charge in [0.1, 0.15) is 12.0 Å². The van der Waals surface area contributed by atoms with Crippen LogP contribution in [0.1, 0.15) is 44.7 Å². The summed E-state index contributed by atoms with van der Waals surface area (Å²) in [5.74, 6) is -1.72. The molecule has 39 heavy (non-hydrogen) atoms. The molecule has 2 aromatic carbocycles. The van der Waals surface area contributed by atoms with Crippen molar-refractivity contribution < 1.29 is 28.6 Å². The van der Waals surface area contributed by atoms with Crippen molar-refractivity contribution in [1.29, 1.82) is 0 Å². The minimum absolute atomic E-state index is 0.113. The number of benzene rings is 2. The third-order valence-corrected chi connectivity index (χ3v) is 8.11. The van der Waals surface area contributed by atoms with Gasteiger partial charge in [-0.25, -0.2) is 4.39 Å². The highest BCUT2D eigenvalue weighted by Gasteiger charge is 2.45. The van der Waals surface area contributed by atoms with Crippen LogP contribution in [0.2, 0.25) is 0 Å². The topological polar surface area (TPSA) is 114 Å². The fraction of sp³-hybridized carbons (Fsp3) is 0.464. The molecule has 4 aliphatic rings. The van der Waals surface area contributed by atoms with Gasteiger partial charge >= 0.3 is 0 Å². The lowest BCUT2D eigenvalue weighted by Crippen LogP contribution is -2.60. The largest absolute Gasteiger partial charge is 0.380 e. The normalized spacial score (nSPS) is 24.5. The lowest BCUT2D eigenvalue weighted by atomic mass is 10.0. The third-order valence-electron chi connectivity index (χ3n) is 8.11. The van der Waals surface area contributed by atoms with Crippen molar-refractivity contribution in [2.45, 2.75) is 44.2 Å². The van der Waals surface area contributed by atoms with Crippen LogP contribution in [0, 0.1) is 5.82 Å². The number of hydrogen-bond donors (Lipinski definition) is 3. The smallest absolute Gasteiger partial charge is 0.264 e. The number of morpholine rings is 1. The van der Waals surface area contributed by atoms with Crippen LogP contribution in [0.15, 0.2) is 36.4 Å². The van der Waals surface area contributed by atoms with Gasteiger partial charge in [-0.15, -0.1) is 0 Å². The van der Waals surface area contributed by atoms with E-state index in [0.29, 0.717) is 23.8 Å². The highest BCUT2D eigenvalue weighted by atomic mass is 19.1. The zero-order valence-electron chi connectivity index (χ0n) is 21.6. The molecule has 206 valence electrons. The molecule has 3 N–H and O–H groups in total. The third kappa shape index (κ3) is 5.03. The average Bonchev–Trinajstić information content (AvgIpc) is 3.16. The first-order valence-electron chi connectivity index (χ1n) is 13.4. The lowest BCUT2D eigenvalue weighted by Gasteiger charge is -2.46. The number of halogens is 1. The van der Waals surface area contributed by atoms with Gasteiger partial charge in [-0.3, -0.25) is 29.1 Å². The molecule has 0 bridgehead atoms. The Hall–Kier alpha value is -3.38. The number of carbonyl (C=O) groups is 3. The van der Waals surface area contributed by atoms with E-state index >= 15 is 4.39 Å². The van der Waals surface area contributed by atoms with Crippen LogP contribution in [0.3, 0.4) is 0 Å². The van der Waals surface area contributed by atoms with Crippen molar-refractivity contribution in [3.63, 3.8) is 0 Å². The van der Waals surface area contributed by atoms with E-state index in [9.17, 15) is 19.5 Å². The summed E-state index contributed by atoms with van der Waals surface area (Å²) in [7, 11) is 0. The summed E-state index contributed by atoms with van der Waals surface area (Å²) < 4.78 is 20.4. The Kier molecular flexibility index (Phi) is 7.06. The van der Waals surface area contributed by atoms with Gasteiger partial charge in [-0.2, -0.15) is 0 Å². The highest BCUT2D eigenvalue weighted by Crippen LogP contribution is 2.33. The van der Waals surface area contributed by atoms with E-state index in [1.165, 1.54) is 0 Å². The summed E-state index contributed by atoms with van der Waals surface area (Å²) in [6.45, 7) is 6.28. The Labute approximate surface area is 225 Å². The Bertz CT molecular complexity index is 1290. The van der Waals surface area contributed by atoms with Crippen LogP contribution < -0.4 is 10.6 Å². The van der Waals surface area contributed by atoms with Crippen molar-refractivity contribution in [2.75, 3.05) is 44.7 Å². The molecular weight excluding hydrogens is 505 g/mol. The number of carbonyl (C=O) groups excluding carboxylic acids is 3. The van der Waals surface area contributed by atoms with Gasteiger partial charge in [0, 0.05) is 63.0 Å². The molecule has 4 aliphatic heterocycles. The second-order valence-electron chi connectivity index (χ2n) is 10.6. The van der Waals surface area contributed by atoms with Crippen LogP contribution in [-0.2, 0) is 22.6 Å². The quantitative estimate of drug-likeness (QED) is 0.451. The molecule has 6 rings (SSSR count). The second-order valence-corrected chi connectivity index (χ2v) is 10.6. The summed E-state index contributed by atoms with van der Waals surface area (Å²) in [6, 6.07) is 9.82. The Morgan fingerprint density at radius 2 is 1.87 bits per heavy atom. The number of imide groups is 1. The molecule has 3 amide bonds. The van der Waals surface area contributed by atoms with Crippen molar-refractivity contribution in [3.8, 4) is 0 Å². The summed E-state index contributed by atoms with van der Waals surface area (Å²) >= 11 is 0. The number of anilines is 1. The van der Waals surface area contributed by atoms with E-state index < -0.39 is 24.1 Å². The Balaban J connectivity index is 1.08. The van der Waals surface area contributed by atoms with Crippen LogP contribution in [-0.4, -0.2) is 95.2 Å². The molecule has 1 unspecified atom stereocenters. The number of nitrogens with zero attached hydrogens (tertiary/aromatic N) is 3. The minimum atomic E-state index is -1.32. The second kappa shape index (κ2) is 10.6. The zero-order chi connectivity index (χ0) is 27.1. The molecule has 0 spiro atoms. The predicted octanol–water partition coefficient (Wildman–Crippen LogP) is 1.15. The Morgan fingerprint density at radius 3 is 2.62 bits per heavy atom. The van der Waals surface area contributed by atoms with Gasteiger partial charge in [-0.05, 0) is 30.2 Å². The summed E-state index contributed by atoms with van der Waals surface area (Å²) in [5.41, 5.74) is 2.18. The number of amides is 3. The fourth-order valence-corrected chi connectivity index (χ4v) is 5.92. The SMILES string of the molecule is O=C1CC[C@@H](N2C(=O)c3cccc(NCc4ccc(CN5CC(N6CCOCC6)C5)cc4F)c3C2=O)C(O)N1. The molecule has 0 aromatic heterocycles. The predicted molar refractivity (Wildman–Crippen MR) is 139 cm³/mol. The van der Waals surface area contributed by atoms with Gasteiger partial charge in [0.05, 0.1) is 30.4 Å². The van der Waals surface area contributed by atoms with E-state index in [0.717, 1.165) is 49.9 Å². The molecule has 0 saturated carbocycles. The summed E-state index contributed by atoms with van der Waals surface area (Å²) in [5, 5.41) is 15.8. The number of piperidine rings is 1. The molecule has 3 saturated heterocycles. The standard InChI is InChI=1S/C28H32FN5O5/c29-21-12-17(14-32-15-19(16-32)33-8-10-39-11-9-33)4-5-18(21)13-30-22-3-1-2-20-25(22)28(38)34(27(20)37)23-6-7-24(35)31-26(23)36/h1-5,12,19,23,26,30,36H,6-11,13-16H2,(H,31,35)/t23-,26?/m1/s1. The molecule has 0 aliphatic carbocycles. The maximum absolute atomic E-state index is 15.0. The van der Waals surface area contributed by atoms with Gasteiger partial charge < -0.3 is 20.5 Å². The lowest BCUT2D eigenvalue weighted by molar-refractivity contribution is -0.129. The number of rotatable bonds is 7. The van der Waals surface area contributed by atoms with Crippen LogP contribution in [0.4, 0.5) is 10.1 Å². The van der Waals surface area contributed by atoms with Crippen molar-refractivity contribution >= 4 is 23.4 Å². The van der Waals surface area contributed by atoms with Crippen LogP contribution in [0.5, 0.6) is 0 Å². The average molecular weight is 538 g/mol. The molecular formula is C28H32FN5O5. The summed E-state index contributed by atoms with van der Waals surface area (Å²) in [4.78, 5) is 43.7. The van der Waals surface area contributed by atoms with E-state index in [1.54, 1.807) is 30.3 Å². The molecule has 2 atom stereocenters. The van der Waals surface area contributed by atoms with Gasteiger partial charge in [-0.1, -0.05) is 18.2 Å². The van der Waals surface area contributed by atoms with E-state index in [-0.39, 0.29) is 42.2 Å². The number of fused-ring (bicyclic) bond motifs is 1. The van der Waals surface area contributed by atoms with Crippen LogP contribution >= 0.6 is 0 Å². The van der Waals surface area contributed by atoms with Gasteiger partial charge in [0.15, 0.2) is 0 Å². The number of aliphatic hydroxyl groups excluding tert-OH is 1. The number of ether oxygens (including phenoxy) is 1. The molecule has 2 aromatic rings. The fourth-order valence-electron chi connectivity index (χ4n) is 5.92. The highest BCUT2D eigenvalue weighted by molar-refractivity contribution is 6.24. The molecule has 0 radical (unpaired) electrons. The van der Waals surface area contributed by atoms with E-state index in [2.05, 4.69) is 20.4 Å². The molecule has 11 heteroatoms.